The van der Waals surface area contributed by atoms with Crippen molar-refractivity contribution in [1.82, 2.24) is 29.7 Å². The highest BCUT2D eigenvalue weighted by molar-refractivity contribution is 5.99. The van der Waals surface area contributed by atoms with Crippen LogP contribution in [-0.4, -0.2) is 30.3 Å². The molecule has 0 unspecified atom stereocenters. The average molecular weight is 396 g/mol. The van der Waals surface area contributed by atoms with Crippen molar-refractivity contribution < 1.29 is 13.6 Å². The third-order valence-electron chi connectivity index (χ3n) is 4.53. The van der Waals surface area contributed by atoms with Crippen molar-refractivity contribution in [3.8, 4) is 11.3 Å². The molecule has 1 aromatic carbocycles. The second kappa shape index (κ2) is 7.42. The number of nitrogens with one attached hydrogen (secondary N) is 1. The lowest BCUT2D eigenvalue weighted by Gasteiger charge is -2.09. The molecule has 1 amide bonds. The summed E-state index contributed by atoms with van der Waals surface area (Å²) in [6.45, 7) is 2.19. The maximum Gasteiger partial charge on any atom is 0.280 e. The Labute approximate surface area is 165 Å². The van der Waals surface area contributed by atoms with Crippen LogP contribution in [-0.2, 0) is 13.6 Å². The fraction of sp³-hybridized carbons (Fsp3) is 0.200. The van der Waals surface area contributed by atoms with E-state index >= 15 is 0 Å². The van der Waals surface area contributed by atoms with Crippen molar-refractivity contribution in [2.75, 3.05) is 0 Å². The molecular formula is C20H18F2N6O. The predicted octanol–water partition coefficient (Wildman–Crippen LogP) is 3.31. The number of benzene rings is 1. The Bertz CT molecular complexity index is 1180. The third kappa shape index (κ3) is 3.71. The molecule has 0 aliphatic heterocycles. The molecule has 29 heavy (non-hydrogen) atoms. The Kier molecular flexibility index (Phi) is 4.79. The molecule has 3 heterocycles. The van der Waals surface area contributed by atoms with E-state index in [2.05, 4.69) is 20.5 Å². The number of carbonyl (C=O) groups is 1. The molecule has 0 aliphatic carbocycles. The van der Waals surface area contributed by atoms with Crippen LogP contribution in [0.1, 0.15) is 33.6 Å². The number of carbonyl (C=O) groups excluding carboxylic acids is 1. The monoisotopic (exact) mass is 396 g/mol. The van der Waals surface area contributed by atoms with E-state index in [9.17, 15) is 13.6 Å². The minimum atomic E-state index is -2.77. The van der Waals surface area contributed by atoms with E-state index in [1.807, 2.05) is 31.2 Å². The van der Waals surface area contributed by atoms with Gasteiger partial charge in [-0.25, -0.2) is 18.3 Å². The number of nitrogens with zero attached hydrogens (tertiary/aromatic N) is 5. The molecule has 0 atom stereocenters. The standard InChI is InChI=1S/C20H18F2N6O/c1-12-3-5-14(6-4-12)16-7-17(18(21)22)28-19(26-16)15(10-25-28)20(29)23-8-13-9-24-27(2)11-13/h3-7,9-11,18H,8H2,1-2H3,(H,23,29). The zero-order chi connectivity index (χ0) is 20.5. The van der Waals surface area contributed by atoms with Gasteiger partial charge in [0.05, 0.1) is 18.1 Å². The van der Waals surface area contributed by atoms with Crippen molar-refractivity contribution in [3.05, 3.63) is 71.3 Å². The van der Waals surface area contributed by atoms with Crippen LogP contribution >= 0.6 is 0 Å². The van der Waals surface area contributed by atoms with E-state index in [0.717, 1.165) is 15.6 Å². The zero-order valence-electron chi connectivity index (χ0n) is 15.8. The number of fused-ring (bicyclic) bond motifs is 1. The fourth-order valence-electron chi connectivity index (χ4n) is 3.01. The first-order valence-corrected chi connectivity index (χ1v) is 8.92. The van der Waals surface area contributed by atoms with Gasteiger partial charge in [0.1, 0.15) is 11.3 Å². The zero-order valence-corrected chi connectivity index (χ0v) is 15.8. The van der Waals surface area contributed by atoms with E-state index in [0.29, 0.717) is 11.3 Å². The summed E-state index contributed by atoms with van der Waals surface area (Å²) in [6, 6.07) is 8.67. The topological polar surface area (TPSA) is 77.1 Å². The minimum absolute atomic E-state index is 0.0852. The van der Waals surface area contributed by atoms with Crippen LogP contribution in [0.2, 0.25) is 0 Å². The minimum Gasteiger partial charge on any atom is -0.348 e. The Balaban J connectivity index is 1.72. The molecule has 3 aromatic heterocycles. The van der Waals surface area contributed by atoms with Gasteiger partial charge in [0, 0.05) is 30.9 Å². The Morgan fingerprint density at radius 2 is 1.93 bits per heavy atom. The summed E-state index contributed by atoms with van der Waals surface area (Å²) in [5.74, 6) is -0.447. The Morgan fingerprint density at radius 1 is 1.17 bits per heavy atom. The lowest BCUT2D eigenvalue weighted by Crippen LogP contribution is -2.22. The maximum atomic E-state index is 13.6. The molecule has 9 heteroatoms. The molecule has 0 saturated carbocycles. The highest BCUT2D eigenvalue weighted by Crippen LogP contribution is 2.27. The molecule has 0 spiro atoms. The van der Waals surface area contributed by atoms with Gasteiger partial charge in [-0.05, 0) is 13.0 Å². The van der Waals surface area contributed by atoms with Gasteiger partial charge >= 0.3 is 0 Å². The molecule has 4 rings (SSSR count). The van der Waals surface area contributed by atoms with Gasteiger partial charge in [-0.15, -0.1) is 0 Å². The van der Waals surface area contributed by atoms with Crippen molar-refractivity contribution in [2.45, 2.75) is 19.9 Å². The van der Waals surface area contributed by atoms with Crippen molar-refractivity contribution in [3.63, 3.8) is 0 Å². The van der Waals surface area contributed by atoms with Gasteiger partial charge in [0.25, 0.3) is 12.3 Å². The van der Waals surface area contributed by atoms with Crippen LogP contribution in [0.15, 0.2) is 48.9 Å². The molecule has 4 aromatic rings. The second-order valence-electron chi connectivity index (χ2n) is 6.73. The Hall–Kier alpha value is -3.62. The van der Waals surface area contributed by atoms with Gasteiger partial charge in [-0.2, -0.15) is 10.2 Å². The first-order valence-electron chi connectivity index (χ1n) is 8.92. The number of hydrogen-bond acceptors (Lipinski definition) is 4. The quantitative estimate of drug-likeness (QED) is 0.562. The van der Waals surface area contributed by atoms with Crippen molar-refractivity contribution in [1.29, 1.82) is 0 Å². The molecule has 7 nitrogen and oxygen atoms in total. The smallest absolute Gasteiger partial charge is 0.280 e. The molecule has 1 N–H and O–H groups in total. The number of alkyl halides is 2. The summed E-state index contributed by atoms with van der Waals surface area (Å²) in [4.78, 5) is 17.1. The normalized spacial score (nSPS) is 11.3. The summed E-state index contributed by atoms with van der Waals surface area (Å²) >= 11 is 0. The summed E-state index contributed by atoms with van der Waals surface area (Å²) < 4.78 is 29.9. The maximum absolute atomic E-state index is 13.6. The fourth-order valence-corrected chi connectivity index (χ4v) is 3.01. The number of rotatable bonds is 5. The highest BCUT2D eigenvalue weighted by atomic mass is 19.3. The van der Waals surface area contributed by atoms with Crippen LogP contribution in [0.3, 0.4) is 0 Å². The number of halogens is 2. The summed E-state index contributed by atoms with van der Waals surface area (Å²) in [5.41, 5.74) is 2.80. The Morgan fingerprint density at radius 3 is 2.59 bits per heavy atom. The van der Waals surface area contributed by atoms with E-state index in [-0.39, 0.29) is 23.4 Å². The molecular weight excluding hydrogens is 378 g/mol. The molecule has 148 valence electrons. The largest absolute Gasteiger partial charge is 0.348 e. The lowest BCUT2D eigenvalue weighted by molar-refractivity contribution is 0.0952. The van der Waals surface area contributed by atoms with Gasteiger partial charge in [0.2, 0.25) is 0 Å². The molecule has 0 fully saturated rings. The van der Waals surface area contributed by atoms with Gasteiger partial charge in [-0.1, -0.05) is 29.8 Å². The van der Waals surface area contributed by atoms with Crippen LogP contribution in [0, 0.1) is 6.92 Å². The van der Waals surface area contributed by atoms with E-state index in [1.165, 1.54) is 12.3 Å². The first kappa shape index (κ1) is 18.7. The van der Waals surface area contributed by atoms with E-state index in [1.54, 1.807) is 24.1 Å². The van der Waals surface area contributed by atoms with Gasteiger partial charge < -0.3 is 5.32 Å². The van der Waals surface area contributed by atoms with Crippen LogP contribution in [0.25, 0.3) is 16.9 Å². The summed E-state index contributed by atoms with van der Waals surface area (Å²) in [7, 11) is 1.78. The van der Waals surface area contributed by atoms with E-state index in [4.69, 9.17) is 0 Å². The predicted molar refractivity (Wildman–Crippen MR) is 102 cm³/mol. The van der Waals surface area contributed by atoms with Crippen LogP contribution in [0.5, 0.6) is 0 Å². The highest BCUT2D eigenvalue weighted by Gasteiger charge is 2.21. The average Bonchev–Trinajstić information content (AvgIpc) is 3.31. The SMILES string of the molecule is Cc1ccc(-c2cc(C(F)F)n3ncc(C(=O)NCc4cnn(C)c4)c3n2)cc1. The number of amides is 1. The molecule has 0 aliphatic rings. The van der Waals surface area contributed by atoms with E-state index < -0.39 is 12.3 Å². The number of aromatic nitrogens is 5. The third-order valence-corrected chi connectivity index (χ3v) is 4.53. The van der Waals surface area contributed by atoms with Crippen LogP contribution in [0.4, 0.5) is 8.78 Å². The molecule has 0 bridgehead atoms. The molecule has 0 saturated heterocycles. The van der Waals surface area contributed by atoms with Gasteiger partial charge in [0.15, 0.2) is 5.65 Å². The number of aryl methyl sites for hydroxylation is 2. The van der Waals surface area contributed by atoms with Crippen molar-refractivity contribution >= 4 is 11.6 Å². The summed E-state index contributed by atoms with van der Waals surface area (Å²) in [5, 5.41) is 10.8. The van der Waals surface area contributed by atoms with Crippen LogP contribution < -0.4 is 5.32 Å². The lowest BCUT2D eigenvalue weighted by atomic mass is 10.1. The number of hydrogen-bond donors (Lipinski definition) is 1. The molecule has 0 radical (unpaired) electrons. The second-order valence-corrected chi connectivity index (χ2v) is 6.73. The van der Waals surface area contributed by atoms with Gasteiger partial charge in [-0.3, -0.25) is 9.48 Å². The summed E-state index contributed by atoms with van der Waals surface area (Å²) in [6.07, 6.45) is 1.90. The van der Waals surface area contributed by atoms with Crippen molar-refractivity contribution in [2.24, 2.45) is 7.05 Å². The first-order chi connectivity index (χ1) is 13.9.